The van der Waals surface area contributed by atoms with Crippen LogP contribution in [0.15, 0.2) is 11.6 Å². The number of nitrogens with zero attached hydrogens (tertiary/aromatic N) is 1. The van der Waals surface area contributed by atoms with Crippen molar-refractivity contribution in [3.8, 4) is 0 Å². The minimum Gasteiger partial charge on any atom is -0.350 e. The molecule has 21 heavy (non-hydrogen) atoms. The van der Waals surface area contributed by atoms with Crippen molar-refractivity contribution in [1.29, 1.82) is 0 Å². The van der Waals surface area contributed by atoms with Gasteiger partial charge in [0, 0.05) is 12.5 Å². The van der Waals surface area contributed by atoms with E-state index < -0.39 is 0 Å². The molecule has 0 unspecified atom stereocenters. The molecule has 2 saturated heterocycles. The number of ether oxygens (including phenoxy) is 2. The van der Waals surface area contributed by atoms with Crippen molar-refractivity contribution in [2.45, 2.75) is 58.8 Å². The van der Waals surface area contributed by atoms with E-state index in [0.29, 0.717) is 17.8 Å². The van der Waals surface area contributed by atoms with Crippen LogP contribution in [0.5, 0.6) is 0 Å². The molecule has 0 amide bonds. The highest BCUT2D eigenvalue weighted by atomic mass is 16.7. The van der Waals surface area contributed by atoms with E-state index in [1.807, 2.05) is 0 Å². The quantitative estimate of drug-likeness (QED) is 0.744. The standard InChI is InChI=1S/C18H31NO2/c1-13-9-14(2)17(15(3)10-13)18-20-12-16(21-18)11-19-7-5-4-6-8-19/h9,14-18H,4-8,10-12H2,1-3H3/t14-,15+,16-,17-,18-/m1/s1. The van der Waals surface area contributed by atoms with Gasteiger partial charge in [-0.25, -0.2) is 0 Å². The first kappa shape index (κ1) is 15.5. The molecule has 2 fully saturated rings. The molecule has 0 aromatic rings. The van der Waals surface area contributed by atoms with Crippen LogP contribution >= 0.6 is 0 Å². The zero-order valence-corrected chi connectivity index (χ0v) is 13.9. The van der Waals surface area contributed by atoms with Gasteiger partial charge in [-0.1, -0.05) is 31.9 Å². The molecule has 0 aromatic heterocycles. The van der Waals surface area contributed by atoms with E-state index in [0.717, 1.165) is 13.2 Å². The maximum atomic E-state index is 6.29. The zero-order valence-electron chi connectivity index (χ0n) is 13.9. The molecule has 3 rings (SSSR count). The summed E-state index contributed by atoms with van der Waals surface area (Å²) >= 11 is 0. The van der Waals surface area contributed by atoms with Gasteiger partial charge >= 0.3 is 0 Å². The SMILES string of the molecule is CC1=C[C@@H](C)[C@@H]([C@@H]2OC[C@@H](CN3CCCCC3)O2)[C@@H](C)C1. The fourth-order valence-electron chi connectivity index (χ4n) is 4.50. The Morgan fingerprint density at radius 2 is 1.95 bits per heavy atom. The van der Waals surface area contributed by atoms with Crippen LogP contribution in [0.3, 0.4) is 0 Å². The molecule has 0 radical (unpaired) electrons. The number of likely N-dealkylation sites (tertiary alicyclic amines) is 1. The van der Waals surface area contributed by atoms with Crippen molar-refractivity contribution in [2.75, 3.05) is 26.2 Å². The molecule has 3 aliphatic rings. The number of rotatable bonds is 3. The molecule has 3 heteroatoms. The molecule has 0 spiro atoms. The van der Waals surface area contributed by atoms with Crippen molar-refractivity contribution in [2.24, 2.45) is 17.8 Å². The van der Waals surface area contributed by atoms with E-state index in [-0.39, 0.29) is 12.4 Å². The molecule has 1 aliphatic carbocycles. The summed E-state index contributed by atoms with van der Waals surface area (Å²) in [5, 5.41) is 0. The van der Waals surface area contributed by atoms with Crippen LogP contribution in [0.1, 0.15) is 46.5 Å². The van der Waals surface area contributed by atoms with E-state index in [1.165, 1.54) is 44.3 Å². The van der Waals surface area contributed by atoms with Gasteiger partial charge in [0.05, 0.1) is 12.7 Å². The third-order valence-electron chi connectivity index (χ3n) is 5.45. The van der Waals surface area contributed by atoms with Crippen LogP contribution in [-0.4, -0.2) is 43.5 Å². The summed E-state index contributed by atoms with van der Waals surface area (Å²) < 4.78 is 12.3. The van der Waals surface area contributed by atoms with Crippen LogP contribution in [0.4, 0.5) is 0 Å². The molecular weight excluding hydrogens is 262 g/mol. The summed E-state index contributed by atoms with van der Waals surface area (Å²) in [6, 6.07) is 0. The van der Waals surface area contributed by atoms with Gasteiger partial charge in [-0.15, -0.1) is 0 Å². The van der Waals surface area contributed by atoms with Gasteiger partial charge in [0.1, 0.15) is 0 Å². The number of allylic oxidation sites excluding steroid dienone is 2. The van der Waals surface area contributed by atoms with Crippen LogP contribution in [0.2, 0.25) is 0 Å². The Bertz CT molecular complexity index is 375. The Labute approximate surface area is 129 Å². The van der Waals surface area contributed by atoms with Crippen molar-refractivity contribution in [3.05, 3.63) is 11.6 Å². The van der Waals surface area contributed by atoms with Crippen molar-refractivity contribution in [3.63, 3.8) is 0 Å². The lowest BCUT2D eigenvalue weighted by molar-refractivity contribution is -0.123. The van der Waals surface area contributed by atoms with Crippen molar-refractivity contribution in [1.82, 2.24) is 4.90 Å². The van der Waals surface area contributed by atoms with Gasteiger partial charge in [-0.2, -0.15) is 0 Å². The smallest absolute Gasteiger partial charge is 0.161 e. The minimum atomic E-state index is 0.00846. The molecule has 3 nitrogen and oxygen atoms in total. The average molecular weight is 293 g/mol. The lowest BCUT2D eigenvalue weighted by atomic mass is 9.74. The largest absolute Gasteiger partial charge is 0.350 e. The Balaban J connectivity index is 1.54. The van der Waals surface area contributed by atoms with Crippen LogP contribution in [-0.2, 0) is 9.47 Å². The van der Waals surface area contributed by atoms with Crippen LogP contribution < -0.4 is 0 Å². The second-order valence-corrected chi connectivity index (χ2v) is 7.45. The Kier molecular flexibility index (Phi) is 5.03. The molecule has 2 aliphatic heterocycles. The first-order chi connectivity index (χ1) is 10.1. The Hall–Kier alpha value is -0.380. The van der Waals surface area contributed by atoms with Crippen molar-refractivity contribution >= 4 is 0 Å². The predicted molar refractivity (Wildman–Crippen MR) is 85.1 cm³/mol. The second-order valence-electron chi connectivity index (χ2n) is 7.45. The summed E-state index contributed by atoms with van der Waals surface area (Å²) in [6.07, 6.45) is 7.97. The summed E-state index contributed by atoms with van der Waals surface area (Å²) in [7, 11) is 0. The maximum absolute atomic E-state index is 6.29. The lowest BCUT2D eigenvalue weighted by Gasteiger charge is -2.36. The third kappa shape index (κ3) is 3.69. The van der Waals surface area contributed by atoms with Crippen LogP contribution in [0.25, 0.3) is 0 Å². The molecule has 0 bridgehead atoms. The first-order valence-corrected chi connectivity index (χ1v) is 8.80. The summed E-state index contributed by atoms with van der Waals surface area (Å²) in [4.78, 5) is 2.55. The normalized spacial score (nSPS) is 42.0. The number of hydrogen-bond donors (Lipinski definition) is 0. The number of piperidine rings is 1. The highest BCUT2D eigenvalue weighted by Gasteiger charge is 2.40. The molecule has 5 atom stereocenters. The van der Waals surface area contributed by atoms with E-state index >= 15 is 0 Å². The molecule has 0 saturated carbocycles. The van der Waals surface area contributed by atoms with Gasteiger partial charge in [-0.3, -0.25) is 0 Å². The van der Waals surface area contributed by atoms with Crippen molar-refractivity contribution < 1.29 is 9.47 Å². The molecular formula is C18H31NO2. The predicted octanol–water partition coefficient (Wildman–Crippen LogP) is 3.45. The summed E-state index contributed by atoms with van der Waals surface area (Å²) in [6.45, 7) is 11.2. The summed E-state index contributed by atoms with van der Waals surface area (Å²) in [5.41, 5.74) is 1.52. The Morgan fingerprint density at radius 1 is 1.19 bits per heavy atom. The topological polar surface area (TPSA) is 21.7 Å². The van der Waals surface area contributed by atoms with E-state index in [4.69, 9.17) is 9.47 Å². The molecule has 0 aromatic carbocycles. The lowest BCUT2D eigenvalue weighted by Crippen LogP contribution is -2.39. The molecule has 2 heterocycles. The minimum absolute atomic E-state index is 0.00846. The zero-order chi connectivity index (χ0) is 14.8. The fourth-order valence-corrected chi connectivity index (χ4v) is 4.50. The highest BCUT2D eigenvalue weighted by Crippen LogP contribution is 2.39. The first-order valence-electron chi connectivity index (χ1n) is 8.80. The van der Waals surface area contributed by atoms with E-state index in [1.54, 1.807) is 0 Å². The average Bonchev–Trinajstić information content (AvgIpc) is 2.87. The van der Waals surface area contributed by atoms with Gasteiger partial charge in [0.2, 0.25) is 0 Å². The Morgan fingerprint density at radius 3 is 2.67 bits per heavy atom. The summed E-state index contributed by atoms with van der Waals surface area (Å²) in [5.74, 6) is 1.73. The third-order valence-corrected chi connectivity index (χ3v) is 5.45. The monoisotopic (exact) mass is 293 g/mol. The maximum Gasteiger partial charge on any atom is 0.161 e. The molecule has 0 N–H and O–H groups in total. The number of hydrogen-bond acceptors (Lipinski definition) is 3. The van der Waals surface area contributed by atoms with Gasteiger partial charge in [0.25, 0.3) is 0 Å². The second kappa shape index (κ2) is 6.80. The van der Waals surface area contributed by atoms with E-state index in [9.17, 15) is 0 Å². The van der Waals surface area contributed by atoms with Crippen LogP contribution in [0, 0.1) is 17.8 Å². The highest BCUT2D eigenvalue weighted by molar-refractivity contribution is 5.09. The van der Waals surface area contributed by atoms with Gasteiger partial charge in [-0.05, 0) is 51.1 Å². The van der Waals surface area contributed by atoms with E-state index in [2.05, 4.69) is 31.7 Å². The fraction of sp³-hybridized carbons (Fsp3) is 0.889. The van der Waals surface area contributed by atoms with Gasteiger partial charge in [0.15, 0.2) is 6.29 Å². The molecule has 120 valence electrons. The van der Waals surface area contributed by atoms with Gasteiger partial charge < -0.3 is 14.4 Å².